The molecule has 0 amide bonds. The molecule has 0 atom stereocenters. The third-order valence-corrected chi connectivity index (χ3v) is 3.08. The van der Waals surface area contributed by atoms with Gasteiger partial charge >= 0.3 is 11.7 Å². The first-order chi connectivity index (χ1) is 9.41. The Morgan fingerprint density at radius 3 is 2.60 bits per heavy atom. The molecule has 1 heterocycles. The lowest BCUT2D eigenvalue weighted by Gasteiger charge is -2.07. The highest BCUT2D eigenvalue weighted by Gasteiger charge is 2.15. The van der Waals surface area contributed by atoms with Gasteiger partial charge in [-0.15, -0.1) is 0 Å². The molecule has 20 heavy (non-hydrogen) atoms. The molecule has 2 aromatic rings. The molecule has 0 fully saturated rings. The van der Waals surface area contributed by atoms with Gasteiger partial charge in [-0.3, -0.25) is 9.13 Å². The molecule has 0 aliphatic carbocycles. The Hall–Kier alpha value is -2.37. The van der Waals surface area contributed by atoms with Crippen molar-refractivity contribution >= 4 is 5.97 Å². The smallest absolute Gasteiger partial charge is 0.338 e. The van der Waals surface area contributed by atoms with Crippen molar-refractivity contribution in [3.8, 4) is 0 Å². The molecule has 1 aromatic heterocycles. The van der Waals surface area contributed by atoms with E-state index in [1.165, 1.54) is 27.3 Å². The predicted octanol–water partition coefficient (Wildman–Crippen LogP) is 2.12. The first-order valence-corrected chi connectivity index (χ1v) is 6.19. The minimum Gasteiger partial charge on any atom is -0.478 e. The lowest BCUT2D eigenvalue weighted by atomic mass is 10.1. The summed E-state index contributed by atoms with van der Waals surface area (Å²) in [5.41, 5.74) is -0.465. The molecule has 106 valence electrons. The fraction of sp³-hybridized carbons (Fsp3) is 0.286. The summed E-state index contributed by atoms with van der Waals surface area (Å²) in [4.78, 5) is 22.9. The second-order valence-corrected chi connectivity index (χ2v) is 4.79. The molecule has 0 aliphatic heterocycles. The maximum Gasteiger partial charge on any atom is 0.338 e. The number of halogens is 1. The van der Waals surface area contributed by atoms with Crippen LogP contribution in [0.2, 0.25) is 0 Å². The monoisotopic (exact) mass is 278 g/mol. The Balaban J connectivity index is 2.39. The largest absolute Gasteiger partial charge is 0.478 e. The zero-order valence-electron chi connectivity index (χ0n) is 11.2. The van der Waals surface area contributed by atoms with Crippen molar-refractivity contribution in [1.29, 1.82) is 0 Å². The molecule has 1 N–H and O–H groups in total. The van der Waals surface area contributed by atoms with E-state index in [2.05, 4.69) is 0 Å². The summed E-state index contributed by atoms with van der Waals surface area (Å²) in [7, 11) is 0. The van der Waals surface area contributed by atoms with Crippen LogP contribution in [-0.2, 0) is 6.54 Å². The normalized spacial score (nSPS) is 11.0. The van der Waals surface area contributed by atoms with Crippen molar-refractivity contribution in [2.75, 3.05) is 0 Å². The third-order valence-electron chi connectivity index (χ3n) is 3.08. The highest BCUT2D eigenvalue weighted by molar-refractivity contribution is 5.88. The van der Waals surface area contributed by atoms with Crippen LogP contribution in [0.25, 0.3) is 0 Å². The van der Waals surface area contributed by atoms with Gasteiger partial charge in [-0.2, -0.15) is 0 Å². The molecule has 0 unspecified atom stereocenters. The Labute approximate surface area is 114 Å². The van der Waals surface area contributed by atoms with Gasteiger partial charge in [-0.1, -0.05) is 12.1 Å². The van der Waals surface area contributed by atoms with Crippen LogP contribution in [0, 0.1) is 5.82 Å². The van der Waals surface area contributed by atoms with Crippen molar-refractivity contribution < 1.29 is 14.3 Å². The lowest BCUT2D eigenvalue weighted by Crippen LogP contribution is -2.26. The van der Waals surface area contributed by atoms with Crippen LogP contribution in [0.5, 0.6) is 0 Å². The van der Waals surface area contributed by atoms with Crippen molar-refractivity contribution in [1.82, 2.24) is 9.13 Å². The molecule has 6 heteroatoms. The van der Waals surface area contributed by atoms with Crippen molar-refractivity contribution in [3.05, 3.63) is 58.0 Å². The number of benzene rings is 1. The number of hydrogen-bond acceptors (Lipinski definition) is 2. The van der Waals surface area contributed by atoms with Gasteiger partial charge in [0, 0.05) is 24.0 Å². The number of carboxylic acids is 1. The molecule has 1 aromatic carbocycles. The van der Waals surface area contributed by atoms with E-state index in [0.29, 0.717) is 0 Å². The predicted molar refractivity (Wildman–Crippen MR) is 71.5 cm³/mol. The summed E-state index contributed by atoms with van der Waals surface area (Å²) < 4.78 is 16.9. The number of carboxylic acid groups (broad SMARTS) is 1. The first kappa shape index (κ1) is 14.0. The molecule has 0 radical (unpaired) electrons. The number of aromatic nitrogens is 2. The molecular weight excluding hydrogens is 263 g/mol. The molecule has 0 spiro atoms. The number of imidazole rings is 1. The fourth-order valence-corrected chi connectivity index (χ4v) is 1.99. The zero-order valence-corrected chi connectivity index (χ0v) is 11.2. The summed E-state index contributed by atoms with van der Waals surface area (Å²) >= 11 is 0. The van der Waals surface area contributed by atoms with Crippen molar-refractivity contribution in [2.24, 2.45) is 0 Å². The van der Waals surface area contributed by atoms with E-state index < -0.39 is 11.8 Å². The van der Waals surface area contributed by atoms with Crippen LogP contribution in [0.15, 0.2) is 35.4 Å². The lowest BCUT2D eigenvalue weighted by molar-refractivity contribution is 0.0691. The summed E-state index contributed by atoms with van der Waals surface area (Å²) in [6.45, 7) is 3.75. The van der Waals surface area contributed by atoms with Gasteiger partial charge in [0.1, 0.15) is 5.82 Å². The van der Waals surface area contributed by atoms with Crippen LogP contribution in [-0.4, -0.2) is 20.2 Å². The summed E-state index contributed by atoms with van der Waals surface area (Å²) in [6.07, 6.45) is 3.20. The number of rotatable bonds is 4. The Kier molecular flexibility index (Phi) is 3.74. The van der Waals surface area contributed by atoms with E-state index >= 15 is 0 Å². The van der Waals surface area contributed by atoms with Crippen LogP contribution in [0.1, 0.15) is 35.8 Å². The Morgan fingerprint density at radius 2 is 2.05 bits per heavy atom. The van der Waals surface area contributed by atoms with E-state index in [-0.39, 0.29) is 29.4 Å². The van der Waals surface area contributed by atoms with E-state index in [4.69, 9.17) is 5.11 Å². The van der Waals surface area contributed by atoms with Crippen molar-refractivity contribution in [3.63, 3.8) is 0 Å². The van der Waals surface area contributed by atoms with Crippen LogP contribution < -0.4 is 5.69 Å². The van der Waals surface area contributed by atoms with Gasteiger partial charge in [0.25, 0.3) is 0 Å². The molecule has 0 aliphatic rings. The van der Waals surface area contributed by atoms with Gasteiger partial charge in [-0.25, -0.2) is 14.0 Å². The van der Waals surface area contributed by atoms with Crippen molar-refractivity contribution in [2.45, 2.75) is 26.4 Å². The Morgan fingerprint density at radius 1 is 1.35 bits per heavy atom. The number of hydrogen-bond donors (Lipinski definition) is 1. The molecular formula is C14H15FN2O3. The summed E-state index contributed by atoms with van der Waals surface area (Å²) in [5.74, 6) is -2.12. The number of carbonyl (C=O) groups is 1. The minimum absolute atomic E-state index is 0.00546. The molecule has 0 saturated heterocycles. The Bertz CT molecular complexity index is 701. The van der Waals surface area contributed by atoms with Crippen LogP contribution in [0.3, 0.4) is 0 Å². The highest BCUT2D eigenvalue weighted by atomic mass is 19.1. The second-order valence-electron chi connectivity index (χ2n) is 4.79. The van der Waals surface area contributed by atoms with E-state index in [9.17, 15) is 14.0 Å². The average molecular weight is 278 g/mol. The van der Waals surface area contributed by atoms with Gasteiger partial charge in [-0.05, 0) is 19.9 Å². The van der Waals surface area contributed by atoms with Gasteiger partial charge < -0.3 is 5.11 Å². The van der Waals surface area contributed by atoms with E-state index in [1.54, 1.807) is 12.4 Å². The third kappa shape index (κ3) is 2.49. The average Bonchev–Trinajstić information content (AvgIpc) is 2.73. The maximum absolute atomic E-state index is 14.0. The van der Waals surface area contributed by atoms with E-state index in [0.717, 1.165) is 0 Å². The standard InChI is InChI=1S/C14H15FN2O3/c1-9(2)17-7-6-16(14(17)20)8-10-4-3-5-11(12(10)15)13(18)19/h3-7,9H,8H2,1-2H3,(H,18,19). The quantitative estimate of drug-likeness (QED) is 0.931. The summed E-state index contributed by atoms with van der Waals surface area (Å²) in [6, 6.07) is 4.15. The summed E-state index contributed by atoms with van der Waals surface area (Å²) in [5, 5.41) is 8.88. The van der Waals surface area contributed by atoms with Crippen LogP contribution in [0.4, 0.5) is 4.39 Å². The molecule has 2 rings (SSSR count). The number of nitrogens with zero attached hydrogens (tertiary/aromatic N) is 2. The molecule has 0 bridgehead atoms. The highest BCUT2D eigenvalue weighted by Crippen LogP contribution is 2.14. The first-order valence-electron chi connectivity index (χ1n) is 6.19. The zero-order chi connectivity index (χ0) is 14.9. The van der Waals surface area contributed by atoms with Crippen LogP contribution >= 0.6 is 0 Å². The maximum atomic E-state index is 14.0. The fourth-order valence-electron chi connectivity index (χ4n) is 1.99. The second kappa shape index (κ2) is 5.32. The minimum atomic E-state index is -1.32. The topological polar surface area (TPSA) is 64.2 Å². The van der Waals surface area contributed by atoms with Gasteiger partial charge in [0.2, 0.25) is 0 Å². The molecule has 0 saturated carbocycles. The van der Waals surface area contributed by atoms with E-state index in [1.807, 2.05) is 13.8 Å². The number of aromatic carboxylic acids is 1. The van der Waals surface area contributed by atoms with Gasteiger partial charge in [0.05, 0.1) is 12.1 Å². The SMILES string of the molecule is CC(C)n1ccn(Cc2cccc(C(=O)O)c2F)c1=O. The van der Waals surface area contributed by atoms with Gasteiger partial charge in [0.15, 0.2) is 0 Å². The molecule has 5 nitrogen and oxygen atoms in total.